The molecule has 2 atom stereocenters. The van der Waals surface area contributed by atoms with Gasteiger partial charge in [-0.05, 0) is 38.2 Å². The summed E-state index contributed by atoms with van der Waals surface area (Å²) in [4.78, 5) is 0. The summed E-state index contributed by atoms with van der Waals surface area (Å²) in [5, 5.41) is 4.63. The molecular weight excluding hydrogens is 210 g/mol. The first kappa shape index (κ1) is 12.6. The smallest absolute Gasteiger partial charge is 0.0640 e. The predicted molar refractivity (Wildman–Crippen MR) is 70.9 cm³/mol. The molecule has 0 aliphatic heterocycles. The minimum absolute atomic E-state index is 0.304. The summed E-state index contributed by atoms with van der Waals surface area (Å²) in [6.07, 6.45) is 9.49. The van der Waals surface area contributed by atoms with Gasteiger partial charge in [-0.2, -0.15) is 5.10 Å². The summed E-state index contributed by atoms with van der Waals surface area (Å²) in [5.41, 5.74) is 7.44. The third kappa shape index (κ3) is 3.09. The van der Waals surface area contributed by atoms with Gasteiger partial charge in [-0.15, -0.1) is 0 Å². The molecule has 1 aliphatic rings. The van der Waals surface area contributed by atoms with Gasteiger partial charge in [0.15, 0.2) is 0 Å². The Labute approximate surface area is 104 Å². The topological polar surface area (TPSA) is 43.8 Å². The Balaban J connectivity index is 1.91. The third-order valence-corrected chi connectivity index (χ3v) is 4.16. The van der Waals surface area contributed by atoms with E-state index in [1.807, 2.05) is 0 Å². The predicted octanol–water partition coefficient (Wildman–Crippen LogP) is 2.91. The summed E-state index contributed by atoms with van der Waals surface area (Å²) < 4.78 is 2.07. The second-order valence-corrected chi connectivity index (χ2v) is 5.46. The van der Waals surface area contributed by atoms with Crippen LogP contribution in [-0.2, 0) is 6.42 Å². The van der Waals surface area contributed by atoms with Crippen LogP contribution in [0.3, 0.4) is 0 Å². The van der Waals surface area contributed by atoms with Crippen molar-refractivity contribution in [2.45, 2.75) is 64.5 Å². The van der Waals surface area contributed by atoms with E-state index in [1.165, 1.54) is 25.7 Å². The maximum absolute atomic E-state index is 6.28. The average Bonchev–Trinajstić information content (AvgIpc) is 2.98. The Morgan fingerprint density at radius 3 is 2.82 bits per heavy atom. The van der Waals surface area contributed by atoms with Crippen LogP contribution in [-0.4, -0.2) is 15.8 Å². The molecule has 0 aromatic carbocycles. The van der Waals surface area contributed by atoms with Gasteiger partial charge in [0.2, 0.25) is 0 Å². The molecule has 1 aromatic rings. The fraction of sp³-hybridized carbons (Fsp3) is 0.786. The van der Waals surface area contributed by atoms with Gasteiger partial charge >= 0.3 is 0 Å². The highest BCUT2D eigenvalue weighted by atomic mass is 15.3. The van der Waals surface area contributed by atoms with E-state index in [-0.39, 0.29) is 0 Å². The molecule has 3 nitrogen and oxygen atoms in total. The monoisotopic (exact) mass is 235 g/mol. The number of nitrogens with zero attached hydrogens (tertiary/aromatic N) is 2. The summed E-state index contributed by atoms with van der Waals surface area (Å²) in [7, 11) is 0. The quantitative estimate of drug-likeness (QED) is 0.852. The Hall–Kier alpha value is -0.830. The Bertz CT molecular complexity index is 339. The molecular formula is C14H25N3. The lowest BCUT2D eigenvalue weighted by Crippen LogP contribution is -2.30. The van der Waals surface area contributed by atoms with Crippen molar-refractivity contribution in [1.29, 1.82) is 0 Å². The number of hydrogen-bond donors (Lipinski definition) is 1. The van der Waals surface area contributed by atoms with E-state index in [1.54, 1.807) is 0 Å². The van der Waals surface area contributed by atoms with E-state index < -0.39 is 0 Å². The molecule has 0 saturated heterocycles. The molecule has 17 heavy (non-hydrogen) atoms. The van der Waals surface area contributed by atoms with E-state index in [0.29, 0.717) is 12.1 Å². The highest BCUT2D eigenvalue weighted by Crippen LogP contribution is 2.28. The highest BCUT2D eigenvalue weighted by molar-refractivity contribution is 5.03. The maximum atomic E-state index is 6.28. The number of nitrogens with two attached hydrogens (primary N) is 1. The van der Waals surface area contributed by atoms with Crippen molar-refractivity contribution in [3.05, 3.63) is 18.0 Å². The van der Waals surface area contributed by atoms with Gasteiger partial charge in [0.05, 0.1) is 5.69 Å². The van der Waals surface area contributed by atoms with Gasteiger partial charge < -0.3 is 5.73 Å². The van der Waals surface area contributed by atoms with Crippen LogP contribution in [0.5, 0.6) is 0 Å². The highest BCUT2D eigenvalue weighted by Gasteiger charge is 2.22. The van der Waals surface area contributed by atoms with Crippen LogP contribution in [0.2, 0.25) is 0 Å². The molecule has 96 valence electrons. The minimum atomic E-state index is 0.304. The lowest BCUT2D eigenvalue weighted by atomic mass is 9.95. The van der Waals surface area contributed by atoms with Gasteiger partial charge in [0, 0.05) is 24.7 Å². The first-order chi connectivity index (χ1) is 8.20. The lowest BCUT2D eigenvalue weighted by molar-refractivity contribution is 0.419. The average molecular weight is 235 g/mol. The number of aromatic nitrogens is 2. The zero-order chi connectivity index (χ0) is 12.3. The molecule has 0 bridgehead atoms. The molecule has 0 spiro atoms. The lowest BCUT2D eigenvalue weighted by Gasteiger charge is -2.17. The Kier molecular flexibility index (Phi) is 4.21. The fourth-order valence-corrected chi connectivity index (χ4v) is 2.71. The molecule has 2 N–H and O–H groups in total. The van der Waals surface area contributed by atoms with Crippen LogP contribution in [0.15, 0.2) is 12.3 Å². The Morgan fingerprint density at radius 1 is 1.47 bits per heavy atom. The zero-order valence-corrected chi connectivity index (χ0v) is 11.1. The zero-order valence-electron chi connectivity index (χ0n) is 11.1. The van der Waals surface area contributed by atoms with Crippen molar-refractivity contribution in [1.82, 2.24) is 9.78 Å². The molecule has 1 heterocycles. The largest absolute Gasteiger partial charge is 0.327 e. The van der Waals surface area contributed by atoms with Crippen molar-refractivity contribution >= 4 is 0 Å². The summed E-state index contributed by atoms with van der Waals surface area (Å²) >= 11 is 0. The van der Waals surface area contributed by atoms with Gasteiger partial charge in [-0.3, -0.25) is 4.68 Å². The van der Waals surface area contributed by atoms with E-state index in [2.05, 4.69) is 35.9 Å². The van der Waals surface area contributed by atoms with E-state index in [4.69, 9.17) is 5.73 Å². The molecule has 1 aliphatic carbocycles. The standard InChI is InChI=1S/C14H25N3/c1-3-11(2)17-9-8-13(16-17)10-14(15)12-6-4-5-7-12/h8-9,11-12,14H,3-7,10,15H2,1-2H3. The summed E-state index contributed by atoms with van der Waals surface area (Å²) in [6, 6.07) is 2.92. The van der Waals surface area contributed by atoms with E-state index >= 15 is 0 Å². The molecule has 1 aromatic heterocycles. The van der Waals surface area contributed by atoms with E-state index in [0.717, 1.165) is 24.5 Å². The third-order valence-electron chi connectivity index (χ3n) is 4.16. The molecule has 3 heteroatoms. The summed E-state index contributed by atoms with van der Waals surface area (Å²) in [5.74, 6) is 0.726. The molecule has 1 fully saturated rings. The first-order valence-electron chi connectivity index (χ1n) is 7.00. The second-order valence-electron chi connectivity index (χ2n) is 5.46. The molecule has 1 saturated carbocycles. The van der Waals surface area contributed by atoms with Gasteiger partial charge in [-0.1, -0.05) is 19.8 Å². The fourth-order valence-electron chi connectivity index (χ4n) is 2.71. The van der Waals surface area contributed by atoms with Crippen molar-refractivity contribution < 1.29 is 0 Å². The molecule has 0 radical (unpaired) electrons. The molecule has 0 amide bonds. The summed E-state index contributed by atoms with van der Waals surface area (Å²) in [6.45, 7) is 4.39. The number of rotatable bonds is 5. The van der Waals surface area contributed by atoms with Crippen LogP contribution in [0.1, 0.15) is 57.7 Å². The first-order valence-corrected chi connectivity index (χ1v) is 7.00. The maximum Gasteiger partial charge on any atom is 0.0640 e. The van der Waals surface area contributed by atoms with Gasteiger partial charge in [-0.25, -0.2) is 0 Å². The molecule has 2 unspecified atom stereocenters. The SMILES string of the molecule is CCC(C)n1ccc(CC(N)C2CCCC2)n1. The van der Waals surface area contributed by atoms with Crippen LogP contribution >= 0.6 is 0 Å². The van der Waals surface area contributed by atoms with Crippen LogP contribution in [0.4, 0.5) is 0 Å². The van der Waals surface area contributed by atoms with Crippen molar-refractivity contribution in [3.63, 3.8) is 0 Å². The Morgan fingerprint density at radius 2 is 2.18 bits per heavy atom. The van der Waals surface area contributed by atoms with Crippen LogP contribution in [0.25, 0.3) is 0 Å². The number of hydrogen-bond acceptors (Lipinski definition) is 2. The van der Waals surface area contributed by atoms with Crippen molar-refractivity contribution in [3.8, 4) is 0 Å². The molecule has 2 rings (SSSR count). The van der Waals surface area contributed by atoms with Crippen LogP contribution in [0, 0.1) is 5.92 Å². The van der Waals surface area contributed by atoms with Gasteiger partial charge in [0.1, 0.15) is 0 Å². The van der Waals surface area contributed by atoms with Crippen molar-refractivity contribution in [2.75, 3.05) is 0 Å². The normalized spacial score (nSPS) is 20.6. The van der Waals surface area contributed by atoms with Gasteiger partial charge in [0.25, 0.3) is 0 Å². The van der Waals surface area contributed by atoms with Crippen LogP contribution < -0.4 is 5.73 Å². The second kappa shape index (κ2) is 5.67. The van der Waals surface area contributed by atoms with Crippen molar-refractivity contribution in [2.24, 2.45) is 11.7 Å². The van der Waals surface area contributed by atoms with E-state index in [9.17, 15) is 0 Å². The minimum Gasteiger partial charge on any atom is -0.327 e.